The molecule has 0 aromatic carbocycles. The van der Waals surface area contributed by atoms with E-state index >= 15 is 0 Å². The van der Waals surface area contributed by atoms with Crippen LogP contribution in [0.15, 0.2) is 0 Å². The third kappa shape index (κ3) is 67.3. The van der Waals surface area contributed by atoms with Crippen LogP contribution in [0.5, 0.6) is 0 Å². The minimum Gasteiger partial charge on any atom is -0.462 e. The number of aliphatic hydroxyl groups is 1. The highest BCUT2D eigenvalue weighted by atomic mass is 31.2. The van der Waals surface area contributed by atoms with Crippen molar-refractivity contribution in [1.29, 1.82) is 0 Å². The largest absolute Gasteiger partial charge is 0.472 e. The van der Waals surface area contributed by atoms with E-state index in [1.54, 1.807) is 0 Å². The molecule has 0 bridgehead atoms. The van der Waals surface area contributed by atoms with Crippen molar-refractivity contribution in [2.24, 2.45) is 5.92 Å². The molecule has 94 heavy (non-hydrogen) atoms. The molecule has 3 unspecified atom stereocenters. The Labute approximate surface area is 575 Å². The molecular formula is C75H146O17P2. The maximum absolute atomic E-state index is 13.1. The summed E-state index contributed by atoms with van der Waals surface area (Å²) in [6.45, 7) is 7.26. The molecule has 17 nitrogen and oxygen atoms in total. The van der Waals surface area contributed by atoms with Gasteiger partial charge in [0.25, 0.3) is 0 Å². The first kappa shape index (κ1) is 92.1. The number of carbonyl (C=O) groups is 4. The van der Waals surface area contributed by atoms with Gasteiger partial charge in [0.2, 0.25) is 0 Å². The van der Waals surface area contributed by atoms with E-state index in [2.05, 4.69) is 34.6 Å². The van der Waals surface area contributed by atoms with E-state index in [4.69, 9.17) is 37.0 Å². The molecule has 3 N–H and O–H groups in total. The first-order valence-corrected chi connectivity index (χ1v) is 42.2. The molecule has 0 radical (unpaired) electrons. The molecule has 0 rings (SSSR count). The fraction of sp³-hybridized carbons (Fsp3) is 0.947. The molecule has 0 aliphatic heterocycles. The number of ether oxygens (including phenoxy) is 4. The van der Waals surface area contributed by atoms with Gasteiger partial charge in [0, 0.05) is 25.7 Å². The Bertz CT molecular complexity index is 1810. The Morgan fingerprint density at radius 1 is 0.298 bits per heavy atom. The lowest BCUT2D eigenvalue weighted by Crippen LogP contribution is -2.30. The van der Waals surface area contributed by atoms with Crippen molar-refractivity contribution < 1.29 is 80.2 Å². The summed E-state index contributed by atoms with van der Waals surface area (Å²) in [6.07, 6.45) is 57.2. The lowest BCUT2D eigenvalue weighted by Gasteiger charge is -2.21. The van der Waals surface area contributed by atoms with Crippen molar-refractivity contribution in [2.45, 2.75) is 412 Å². The maximum Gasteiger partial charge on any atom is 0.472 e. The third-order valence-electron chi connectivity index (χ3n) is 17.9. The summed E-state index contributed by atoms with van der Waals surface area (Å²) >= 11 is 0. The van der Waals surface area contributed by atoms with Crippen LogP contribution in [0.4, 0.5) is 0 Å². The number of rotatable bonds is 75. The zero-order chi connectivity index (χ0) is 69.1. The standard InChI is InChI=1S/C75H146O17P2/c1-6-10-13-16-18-20-22-24-25-26-27-28-33-36-40-44-49-54-59-73(78)86-65-71(92-75(80)61-56-51-46-42-38-34-30-29-32-35-39-43-48-52-57-68(5)9-4)67-90-94(83,84)88-63-69(76)62-87-93(81,82)89-66-70(64-85-72(77)58-53-47-15-12-8-3)91-74(79)60-55-50-45-41-37-31-23-21-19-17-14-11-7-2/h68-71,76H,6-67H2,1-5H3,(H,81,82)(H,83,84)/t68?,69-,70+,71+/m0/s1. The Kier molecular flexibility index (Phi) is 66.8. The lowest BCUT2D eigenvalue weighted by atomic mass is 9.99. The van der Waals surface area contributed by atoms with E-state index in [1.165, 1.54) is 212 Å². The molecule has 558 valence electrons. The van der Waals surface area contributed by atoms with E-state index in [9.17, 15) is 43.2 Å². The predicted octanol–water partition coefficient (Wildman–Crippen LogP) is 22.1. The fourth-order valence-corrected chi connectivity index (χ4v) is 13.1. The molecule has 0 aromatic rings. The van der Waals surface area contributed by atoms with Gasteiger partial charge in [0.15, 0.2) is 12.2 Å². The summed E-state index contributed by atoms with van der Waals surface area (Å²) in [7, 11) is -9.90. The average Bonchev–Trinajstić information content (AvgIpc) is 2.90. The van der Waals surface area contributed by atoms with Crippen molar-refractivity contribution in [2.75, 3.05) is 39.6 Å². The number of aliphatic hydroxyl groups excluding tert-OH is 1. The van der Waals surface area contributed by atoms with Crippen LogP contribution in [0.2, 0.25) is 0 Å². The molecule has 0 saturated carbocycles. The van der Waals surface area contributed by atoms with Crippen LogP contribution in [0.1, 0.15) is 394 Å². The third-order valence-corrected chi connectivity index (χ3v) is 19.8. The van der Waals surface area contributed by atoms with Gasteiger partial charge in [-0.3, -0.25) is 37.3 Å². The minimum absolute atomic E-state index is 0.107. The highest BCUT2D eigenvalue weighted by Gasteiger charge is 2.30. The quantitative estimate of drug-likeness (QED) is 0.0222. The summed E-state index contributed by atoms with van der Waals surface area (Å²) < 4.78 is 68.3. The number of phosphoric ester groups is 2. The van der Waals surface area contributed by atoms with Crippen LogP contribution in [0.3, 0.4) is 0 Å². The van der Waals surface area contributed by atoms with Gasteiger partial charge in [0.05, 0.1) is 26.4 Å². The highest BCUT2D eigenvalue weighted by Crippen LogP contribution is 2.45. The van der Waals surface area contributed by atoms with E-state index in [0.717, 1.165) is 102 Å². The van der Waals surface area contributed by atoms with Gasteiger partial charge in [0.1, 0.15) is 19.3 Å². The van der Waals surface area contributed by atoms with E-state index in [0.29, 0.717) is 25.7 Å². The van der Waals surface area contributed by atoms with Crippen molar-refractivity contribution >= 4 is 39.5 Å². The minimum atomic E-state index is -4.95. The summed E-state index contributed by atoms with van der Waals surface area (Å²) in [5, 5.41) is 10.6. The van der Waals surface area contributed by atoms with Gasteiger partial charge in [-0.2, -0.15) is 0 Å². The first-order valence-electron chi connectivity index (χ1n) is 39.2. The molecule has 0 amide bonds. The molecule has 19 heteroatoms. The van der Waals surface area contributed by atoms with Gasteiger partial charge in [-0.15, -0.1) is 0 Å². The van der Waals surface area contributed by atoms with E-state index in [1.807, 2.05) is 0 Å². The molecule has 0 fully saturated rings. The lowest BCUT2D eigenvalue weighted by molar-refractivity contribution is -0.161. The van der Waals surface area contributed by atoms with Crippen LogP contribution in [0.25, 0.3) is 0 Å². The maximum atomic E-state index is 13.1. The molecule has 0 aromatic heterocycles. The number of phosphoric acid groups is 2. The van der Waals surface area contributed by atoms with Crippen LogP contribution in [-0.2, 0) is 65.4 Å². The van der Waals surface area contributed by atoms with Crippen molar-refractivity contribution in [1.82, 2.24) is 0 Å². The summed E-state index contributed by atoms with van der Waals surface area (Å²) in [5.74, 6) is -1.28. The molecule has 0 saturated heterocycles. The van der Waals surface area contributed by atoms with E-state index < -0.39 is 97.5 Å². The SMILES string of the molecule is CCCCCCCCCCCCCCCCCCCCC(=O)OC[C@H](COP(=O)(O)OC[C@@H](O)COP(=O)(O)OC[C@@H](COC(=O)CCCCCCC)OC(=O)CCCCCCCCCCCCCCC)OC(=O)CCCCCCCCCCCCCCCCC(C)CC. The van der Waals surface area contributed by atoms with Crippen LogP contribution < -0.4 is 0 Å². The van der Waals surface area contributed by atoms with Crippen molar-refractivity contribution in [3.05, 3.63) is 0 Å². The van der Waals surface area contributed by atoms with Gasteiger partial charge in [-0.1, -0.05) is 343 Å². The van der Waals surface area contributed by atoms with Crippen LogP contribution in [0, 0.1) is 5.92 Å². The average molecular weight is 1380 g/mol. The molecule has 6 atom stereocenters. The second kappa shape index (κ2) is 68.2. The highest BCUT2D eigenvalue weighted by molar-refractivity contribution is 7.47. The van der Waals surface area contributed by atoms with Crippen molar-refractivity contribution in [3.8, 4) is 0 Å². The number of unbranched alkanes of at least 4 members (excludes halogenated alkanes) is 46. The van der Waals surface area contributed by atoms with Gasteiger partial charge in [-0.25, -0.2) is 9.13 Å². The van der Waals surface area contributed by atoms with Crippen LogP contribution in [-0.4, -0.2) is 96.7 Å². The van der Waals surface area contributed by atoms with Crippen LogP contribution >= 0.6 is 15.6 Å². The predicted molar refractivity (Wildman–Crippen MR) is 382 cm³/mol. The zero-order valence-electron chi connectivity index (χ0n) is 61.1. The number of esters is 4. The number of hydrogen-bond acceptors (Lipinski definition) is 15. The Hall–Kier alpha value is -1.94. The Morgan fingerprint density at radius 2 is 0.511 bits per heavy atom. The summed E-state index contributed by atoms with van der Waals surface area (Å²) in [4.78, 5) is 72.5. The fourth-order valence-electron chi connectivity index (χ4n) is 11.5. The molecule has 0 spiro atoms. The normalized spacial score (nSPS) is 14.3. The number of carbonyl (C=O) groups excluding carboxylic acids is 4. The van der Waals surface area contributed by atoms with Crippen molar-refractivity contribution in [3.63, 3.8) is 0 Å². The molecular weight excluding hydrogens is 1230 g/mol. The smallest absolute Gasteiger partial charge is 0.462 e. The van der Waals surface area contributed by atoms with Gasteiger partial charge >= 0.3 is 39.5 Å². The summed E-state index contributed by atoms with van der Waals surface area (Å²) in [5.41, 5.74) is 0. The van der Waals surface area contributed by atoms with E-state index in [-0.39, 0.29) is 25.7 Å². The molecule has 0 aliphatic carbocycles. The first-order chi connectivity index (χ1) is 45.6. The summed E-state index contributed by atoms with van der Waals surface area (Å²) in [6, 6.07) is 0. The van der Waals surface area contributed by atoms with Gasteiger partial charge in [-0.05, 0) is 31.6 Å². The monoisotopic (exact) mass is 1380 g/mol. The topological polar surface area (TPSA) is 237 Å². The second-order valence-electron chi connectivity index (χ2n) is 27.3. The Balaban J connectivity index is 5.14. The molecule has 0 aliphatic rings. The Morgan fingerprint density at radius 3 is 0.755 bits per heavy atom. The molecule has 0 heterocycles. The number of hydrogen-bond donors (Lipinski definition) is 3. The van der Waals surface area contributed by atoms with Gasteiger partial charge < -0.3 is 33.8 Å². The zero-order valence-corrected chi connectivity index (χ0v) is 62.9. The second-order valence-corrected chi connectivity index (χ2v) is 30.2.